The predicted octanol–water partition coefficient (Wildman–Crippen LogP) is 2.26. The highest BCUT2D eigenvalue weighted by atomic mass is 32.1. The second-order valence-corrected chi connectivity index (χ2v) is 9.10. The molecule has 4 rings (SSSR count). The normalized spacial score (nSPS) is 19.4. The van der Waals surface area contributed by atoms with Crippen LogP contribution in [0.4, 0.5) is 5.00 Å². The van der Waals surface area contributed by atoms with Gasteiger partial charge in [0.05, 0.1) is 12.6 Å². The molecule has 6 heteroatoms. The van der Waals surface area contributed by atoms with Crippen LogP contribution in [-0.2, 0) is 24.1 Å². The molecule has 0 spiro atoms. The molecule has 0 radical (unpaired) electrons. The molecule has 0 fully saturated rings. The van der Waals surface area contributed by atoms with Crippen molar-refractivity contribution in [3.63, 3.8) is 0 Å². The van der Waals surface area contributed by atoms with Gasteiger partial charge in [0.25, 0.3) is 11.8 Å². The maximum Gasteiger partial charge on any atom is 0.280 e. The highest BCUT2D eigenvalue weighted by molar-refractivity contribution is 7.17. The summed E-state index contributed by atoms with van der Waals surface area (Å²) in [4.78, 5) is 27.2. The van der Waals surface area contributed by atoms with Crippen LogP contribution >= 0.6 is 11.3 Å². The smallest absolute Gasteiger partial charge is 0.280 e. The lowest BCUT2D eigenvalue weighted by Gasteiger charge is -2.30. The number of fused-ring (bicyclic) bond motifs is 2. The summed E-state index contributed by atoms with van der Waals surface area (Å²) in [6, 6.07) is 8.90. The van der Waals surface area contributed by atoms with Gasteiger partial charge in [0, 0.05) is 16.9 Å². The first-order chi connectivity index (χ1) is 13.5. The second kappa shape index (κ2) is 8.05. The molecule has 2 amide bonds. The number of rotatable bonds is 5. The van der Waals surface area contributed by atoms with Crippen molar-refractivity contribution in [2.24, 2.45) is 5.73 Å². The van der Waals surface area contributed by atoms with Crippen molar-refractivity contribution in [2.45, 2.75) is 51.0 Å². The molecule has 0 saturated carbocycles. The minimum atomic E-state index is -0.434. The van der Waals surface area contributed by atoms with Crippen molar-refractivity contribution >= 4 is 28.2 Å². The zero-order valence-electron chi connectivity index (χ0n) is 16.3. The van der Waals surface area contributed by atoms with Crippen molar-refractivity contribution in [3.05, 3.63) is 51.4 Å². The molecule has 2 aliphatic rings. The van der Waals surface area contributed by atoms with E-state index in [4.69, 9.17) is 5.73 Å². The van der Waals surface area contributed by atoms with Crippen molar-refractivity contribution in [3.8, 4) is 0 Å². The number of carbonyl (C=O) groups excluding carboxylic acids is 2. The van der Waals surface area contributed by atoms with Crippen LogP contribution in [0.15, 0.2) is 24.3 Å². The van der Waals surface area contributed by atoms with Crippen molar-refractivity contribution in [1.82, 2.24) is 0 Å². The number of anilines is 1. The van der Waals surface area contributed by atoms with E-state index < -0.39 is 5.91 Å². The Kier molecular flexibility index (Phi) is 5.51. The number of nitrogens with two attached hydrogens (primary N) is 1. The molecule has 148 valence electrons. The molecule has 1 heterocycles. The molecule has 0 bridgehead atoms. The van der Waals surface area contributed by atoms with E-state index in [0.29, 0.717) is 23.2 Å². The van der Waals surface area contributed by atoms with Crippen LogP contribution in [-0.4, -0.2) is 25.4 Å². The first-order valence-corrected chi connectivity index (χ1v) is 11.0. The van der Waals surface area contributed by atoms with Gasteiger partial charge in [-0.2, -0.15) is 0 Å². The molecule has 1 aromatic heterocycles. The summed E-state index contributed by atoms with van der Waals surface area (Å²) in [6.45, 7) is 0.375. The van der Waals surface area contributed by atoms with Crippen LogP contribution in [0.1, 0.15) is 63.7 Å². The lowest BCUT2D eigenvalue weighted by Crippen LogP contribution is -3.10. The molecule has 0 aliphatic heterocycles. The van der Waals surface area contributed by atoms with E-state index in [2.05, 4.69) is 36.6 Å². The van der Waals surface area contributed by atoms with Gasteiger partial charge in [0.2, 0.25) is 0 Å². The molecule has 2 aliphatic carbocycles. The number of hydrogen-bond acceptors (Lipinski definition) is 3. The van der Waals surface area contributed by atoms with E-state index in [0.717, 1.165) is 50.5 Å². The van der Waals surface area contributed by atoms with E-state index in [1.54, 1.807) is 0 Å². The van der Waals surface area contributed by atoms with E-state index in [9.17, 15) is 9.59 Å². The molecule has 0 saturated heterocycles. The number of amides is 2. The van der Waals surface area contributed by atoms with Gasteiger partial charge >= 0.3 is 0 Å². The fraction of sp³-hybridized carbons (Fsp3) is 0.455. The van der Waals surface area contributed by atoms with E-state index in [1.807, 2.05) is 0 Å². The average Bonchev–Trinajstić information content (AvgIpc) is 3.05. The third-order valence-corrected chi connectivity index (χ3v) is 7.28. The Morgan fingerprint density at radius 3 is 2.79 bits per heavy atom. The Morgan fingerprint density at radius 1 is 1.18 bits per heavy atom. The monoisotopic (exact) mass is 398 g/mol. The van der Waals surface area contributed by atoms with Crippen LogP contribution in [0, 0.1) is 0 Å². The van der Waals surface area contributed by atoms with Crippen molar-refractivity contribution < 1.29 is 14.5 Å². The van der Waals surface area contributed by atoms with Gasteiger partial charge in [-0.15, -0.1) is 11.3 Å². The van der Waals surface area contributed by atoms with Gasteiger partial charge in [0.1, 0.15) is 11.0 Å². The highest BCUT2D eigenvalue weighted by Crippen LogP contribution is 2.37. The largest absolute Gasteiger partial charge is 0.365 e. The maximum absolute atomic E-state index is 12.8. The van der Waals surface area contributed by atoms with Crippen LogP contribution in [0.5, 0.6) is 0 Å². The molecule has 1 unspecified atom stereocenters. The third kappa shape index (κ3) is 3.71. The Morgan fingerprint density at radius 2 is 1.96 bits per heavy atom. The molecule has 5 nitrogen and oxygen atoms in total. The first kappa shape index (κ1) is 19.2. The highest BCUT2D eigenvalue weighted by Gasteiger charge is 2.29. The fourth-order valence-corrected chi connectivity index (χ4v) is 6.04. The van der Waals surface area contributed by atoms with E-state index in [-0.39, 0.29) is 5.91 Å². The zero-order chi connectivity index (χ0) is 19.7. The van der Waals surface area contributed by atoms with Gasteiger partial charge < -0.3 is 16.0 Å². The van der Waals surface area contributed by atoms with Gasteiger partial charge in [-0.3, -0.25) is 9.59 Å². The molecular weight excluding hydrogens is 370 g/mol. The average molecular weight is 399 g/mol. The minimum Gasteiger partial charge on any atom is -0.365 e. The molecular formula is C22H28N3O2S+. The summed E-state index contributed by atoms with van der Waals surface area (Å²) in [5.74, 6) is -0.488. The summed E-state index contributed by atoms with van der Waals surface area (Å²) in [6.07, 6.45) is 7.43. The number of benzene rings is 1. The van der Waals surface area contributed by atoms with Crippen LogP contribution < -0.4 is 16.0 Å². The summed E-state index contributed by atoms with van der Waals surface area (Å²) in [7, 11) is 2.08. The van der Waals surface area contributed by atoms with Crippen molar-refractivity contribution in [2.75, 3.05) is 18.9 Å². The molecule has 2 atom stereocenters. The number of likely N-dealkylation sites (N-methyl/N-ethyl adjacent to an activating group) is 1. The van der Waals surface area contributed by atoms with Crippen LogP contribution in [0.2, 0.25) is 0 Å². The zero-order valence-corrected chi connectivity index (χ0v) is 17.2. The van der Waals surface area contributed by atoms with E-state index in [1.165, 1.54) is 32.2 Å². The number of hydrogen-bond donors (Lipinski definition) is 3. The number of primary amides is 1. The summed E-state index contributed by atoms with van der Waals surface area (Å²) in [5, 5.41) is 3.64. The maximum atomic E-state index is 12.8. The molecule has 2 aromatic rings. The Labute approximate surface area is 169 Å². The van der Waals surface area contributed by atoms with Gasteiger partial charge in [-0.25, -0.2) is 0 Å². The third-order valence-electron chi connectivity index (χ3n) is 6.07. The van der Waals surface area contributed by atoms with Gasteiger partial charge in [0.15, 0.2) is 6.54 Å². The number of quaternary nitrogens is 1. The quantitative estimate of drug-likeness (QED) is 0.723. The number of nitrogens with one attached hydrogen (secondary N) is 2. The Hall–Kier alpha value is -2.18. The lowest BCUT2D eigenvalue weighted by molar-refractivity contribution is -0.905. The lowest BCUT2D eigenvalue weighted by atomic mass is 9.87. The topological polar surface area (TPSA) is 76.6 Å². The van der Waals surface area contributed by atoms with Crippen LogP contribution in [0.25, 0.3) is 0 Å². The number of aryl methyl sites for hydroxylation is 2. The van der Waals surface area contributed by atoms with Gasteiger partial charge in [-0.05, 0) is 49.7 Å². The summed E-state index contributed by atoms with van der Waals surface area (Å²) >= 11 is 1.53. The minimum absolute atomic E-state index is 0.0540. The Balaban J connectivity index is 1.48. The molecule has 4 N–H and O–H groups in total. The molecule has 28 heavy (non-hydrogen) atoms. The SMILES string of the molecule is C[NH+](CC(=O)Nc1sc2c(c1C(N)=O)CCCC2)[C@H]1CCCc2ccccc21. The predicted molar refractivity (Wildman–Crippen MR) is 112 cm³/mol. The summed E-state index contributed by atoms with van der Waals surface area (Å²) < 4.78 is 0. The fourth-order valence-electron chi connectivity index (χ4n) is 4.73. The van der Waals surface area contributed by atoms with Crippen molar-refractivity contribution in [1.29, 1.82) is 0 Å². The second-order valence-electron chi connectivity index (χ2n) is 7.99. The number of carbonyl (C=O) groups is 2. The molecule has 1 aromatic carbocycles. The Bertz CT molecular complexity index is 905. The standard InChI is InChI=1S/C22H27N3O2S/c1-25(17-11-6-8-14-7-2-3-9-15(14)17)13-19(26)24-22-20(21(23)27)16-10-4-5-12-18(16)28-22/h2-3,7,9,17H,4-6,8,10-13H2,1H3,(H2,23,27)(H,24,26)/p+1/t17-/m0/s1. The van der Waals surface area contributed by atoms with Gasteiger partial charge in [-0.1, -0.05) is 24.3 Å². The summed E-state index contributed by atoms with van der Waals surface area (Å²) in [5.41, 5.74) is 10.0. The number of thiophene rings is 1. The first-order valence-electron chi connectivity index (χ1n) is 10.2. The van der Waals surface area contributed by atoms with E-state index >= 15 is 0 Å². The van der Waals surface area contributed by atoms with Crippen LogP contribution in [0.3, 0.4) is 0 Å².